The minimum absolute atomic E-state index is 0.0330. The third-order valence-corrected chi connectivity index (χ3v) is 7.49. The molecule has 0 bridgehead atoms. The number of benzene rings is 1. The first-order chi connectivity index (χ1) is 14.9. The summed E-state index contributed by atoms with van der Waals surface area (Å²) in [5, 5.41) is 22.6. The molecule has 162 valence electrons. The zero-order valence-electron chi connectivity index (χ0n) is 17.4. The maximum Gasteiger partial charge on any atom is 0.138 e. The number of hydrogen-bond donors (Lipinski definition) is 3. The Bertz CT molecular complexity index is 1140. The number of nitrogen functional groups attached to an aromatic ring is 1. The molecule has 1 fully saturated rings. The average Bonchev–Trinajstić information content (AvgIpc) is 3.30. The molecule has 3 aromatic rings. The van der Waals surface area contributed by atoms with Crippen LogP contribution in [0.5, 0.6) is 0 Å². The minimum atomic E-state index is -0.776. The Hall–Kier alpha value is -2.29. The van der Waals surface area contributed by atoms with Gasteiger partial charge in [0.1, 0.15) is 24.1 Å². The molecule has 1 aliphatic carbocycles. The third-order valence-electron chi connectivity index (χ3n) is 6.85. The van der Waals surface area contributed by atoms with Crippen molar-refractivity contribution in [2.45, 2.75) is 50.9 Å². The van der Waals surface area contributed by atoms with Gasteiger partial charge in [-0.3, -0.25) is 0 Å². The largest absolute Gasteiger partial charge is 0.390 e. The van der Waals surface area contributed by atoms with Crippen LogP contribution in [0.4, 0.5) is 11.6 Å². The third kappa shape index (κ3) is 3.66. The fraction of sp³-hybridized carbons (Fsp3) is 0.435. The van der Waals surface area contributed by atoms with Crippen LogP contribution >= 0.6 is 15.9 Å². The van der Waals surface area contributed by atoms with Gasteiger partial charge < -0.3 is 20.8 Å². The molecule has 2 aromatic heterocycles. The van der Waals surface area contributed by atoms with Crippen molar-refractivity contribution in [2.75, 3.05) is 17.2 Å². The molecule has 4 atom stereocenters. The van der Waals surface area contributed by atoms with Gasteiger partial charge in [0, 0.05) is 23.2 Å². The van der Waals surface area contributed by atoms with Crippen LogP contribution in [0.15, 0.2) is 35.1 Å². The molecule has 5 rings (SSSR count). The predicted molar refractivity (Wildman–Crippen MR) is 124 cm³/mol. The average molecular weight is 484 g/mol. The van der Waals surface area contributed by atoms with Crippen molar-refractivity contribution in [3.8, 4) is 0 Å². The van der Waals surface area contributed by atoms with Gasteiger partial charge in [-0.15, -0.1) is 0 Å². The van der Waals surface area contributed by atoms with E-state index in [4.69, 9.17) is 5.73 Å². The van der Waals surface area contributed by atoms with Crippen LogP contribution in [0.2, 0.25) is 0 Å². The van der Waals surface area contributed by atoms with Crippen molar-refractivity contribution in [2.24, 2.45) is 5.92 Å². The Kier molecular flexibility index (Phi) is 5.32. The number of nitrogens with two attached hydrogens (primary N) is 1. The summed E-state index contributed by atoms with van der Waals surface area (Å²) >= 11 is 3.42. The minimum Gasteiger partial charge on any atom is -0.390 e. The standard InChI is InChI=1S/C23H26BrN5O2/c1-12-16-6-7-29(23(16)27-11-26-12)19-10-15(20(30)21(19)31)5-3-13-2-4-14-9-17(24)22(25)28-18(14)8-13/h2,4,8-9,11,15,19-21,30-31H,3,5-7,10H2,1H3,(H2,25,28)/t15-,19+,20-,21+/m0/s1. The molecule has 0 spiro atoms. The van der Waals surface area contributed by atoms with E-state index in [0.29, 0.717) is 5.82 Å². The Morgan fingerprint density at radius 1 is 1.19 bits per heavy atom. The first-order valence-electron chi connectivity index (χ1n) is 10.7. The second kappa shape index (κ2) is 8.00. The molecule has 3 heterocycles. The molecule has 1 saturated carbocycles. The summed E-state index contributed by atoms with van der Waals surface area (Å²) in [6, 6.07) is 8.06. The highest BCUT2D eigenvalue weighted by Crippen LogP contribution is 2.38. The number of nitrogens with zero attached hydrogens (tertiary/aromatic N) is 4. The molecule has 1 aromatic carbocycles. The summed E-state index contributed by atoms with van der Waals surface area (Å²) in [6.07, 6.45) is 3.32. The number of aliphatic hydroxyl groups excluding tert-OH is 2. The van der Waals surface area contributed by atoms with Gasteiger partial charge in [0.2, 0.25) is 0 Å². The SMILES string of the molecule is Cc1ncnc2c1CCN2[C@@H]1C[C@H](CCc2ccc3cc(Br)c(N)nc3c2)[C@H](O)[C@@H]1O. The maximum absolute atomic E-state index is 10.8. The van der Waals surface area contributed by atoms with E-state index in [9.17, 15) is 10.2 Å². The highest BCUT2D eigenvalue weighted by molar-refractivity contribution is 9.10. The first kappa shape index (κ1) is 20.6. The van der Waals surface area contributed by atoms with Crippen LogP contribution < -0.4 is 10.6 Å². The van der Waals surface area contributed by atoms with E-state index in [2.05, 4.69) is 47.9 Å². The predicted octanol–water partition coefficient (Wildman–Crippen LogP) is 2.78. The summed E-state index contributed by atoms with van der Waals surface area (Å²) in [7, 11) is 0. The van der Waals surface area contributed by atoms with Gasteiger partial charge in [0.25, 0.3) is 0 Å². The van der Waals surface area contributed by atoms with E-state index in [1.807, 2.05) is 19.1 Å². The van der Waals surface area contributed by atoms with Crippen LogP contribution in [0.3, 0.4) is 0 Å². The van der Waals surface area contributed by atoms with Gasteiger partial charge in [-0.2, -0.15) is 0 Å². The molecule has 0 unspecified atom stereocenters. The van der Waals surface area contributed by atoms with Gasteiger partial charge in [-0.1, -0.05) is 12.1 Å². The van der Waals surface area contributed by atoms with Crippen LogP contribution in [0.25, 0.3) is 10.9 Å². The topological polar surface area (TPSA) is 108 Å². The highest BCUT2D eigenvalue weighted by Gasteiger charge is 2.45. The lowest BCUT2D eigenvalue weighted by molar-refractivity contribution is 0.0131. The number of aryl methyl sites for hydroxylation is 2. The molecule has 31 heavy (non-hydrogen) atoms. The fourth-order valence-corrected chi connectivity index (χ4v) is 5.43. The van der Waals surface area contributed by atoms with Crippen LogP contribution in [0.1, 0.15) is 29.7 Å². The van der Waals surface area contributed by atoms with Crippen LogP contribution in [0, 0.1) is 12.8 Å². The normalized spacial score (nSPS) is 25.4. The van der Waals surface area contributed by atoms with Crippen molar-refractivity contribution in [3.05, 3.63) is 51.9 Å². The lowest BCUT2D eigenvalue weighted by Crippen LogP contribution is -2.43. The molecular formula is C23H26BrN5O2. The monoisotopic (exact) mass is 483 g/mol. The van der Waals surface area contributed by atoms with Gasteiger partial charge in [0.05, 0.1) is 22.1 Å². The summed E-state index contributed by atoms with van der Waals surface area (Å²) in [6.45, 7) is 2.81. The lowest BCUT2D eigenvalue weighted by atomic mass is 9.95. The molecule has 0 radical (unpaired) electrons. The van der Waals surface area contributed by atoms with E-state index < -0.39 is 12.2 Å². The van der Waals surface area contributed by atoms with Gasteiger partial charge in [-0.25, -0.2) is 15.0 Å². The number of pyridine rings is 1. The summed E-state index contributed by atoms with van der Waals surface area (Å²) in [4.78, 5) is 15.4. The van der Waals surface area contributed by atoms with Crippen molar-refractivity contribution in [1.82, 2.24) is 15.0 Å². The second-order valence-corrected chi connectivity index (χ2v) is 9.52. The number of aliphatic hydroxyl groups is 2. The van der Waals surface area contributed by atoms with E-state index in [0.717, 1.165) is 70.2 Å². The maximum atomic E-state index is 10.8. The molecule has 1 aliphatic heterocycles. The van der Waals surface area contributed by atoms with Crippen molar-refractivity contribution in [3.63, 3.8) is 0 Å². The van der Waals surface area contributed by atoms with Gasteiger partial charge in [0.15, 0.2) is 0 Å². The van der Waals surface area contributed by atoms with Crippen molar-refractivity contribution < 1.29 is 10.2 Å². The first-order valence-corrected chi connectivity index (χ1v) is 11.5. The van der Waals surface area contributed by atoms with E-state index in [1.165, 1.54) is 0 Å². The molecule has 0 amide bonds. The molecule has 4 N–H and O–H groups in total. The Morgan fingerprint density at radius 2 is 2.03 bits per heavy atom. The van der Waals surface area contributed by atoms with E-state index in [1.54, 1.807) is 6.33 Å². The number of fused-ring (bicyclic) bond motifs is 2. The van der Waals surface area contributed by atoms with Crippen molar-refractivity contribution in [1.29, 1.82) is 0 Å². The Morgan fingerprint density at radius 3 is 2.87 bits per heavy atom. The molecule has 0 saturated heterocycles. The summed E-state index contributed by atoms with van der Waals surface area (Å²) in [5.74, 6) is 1.42. The zero-order valence-corrected chi connectivity index (χ0v) is 19.0. The molecular weight excluding hydrogens is 458 g/mol. The quantitative estimate of drug-likeness (QED) is 0.523. The summed E-state index contributed by atoms with van der Waals surface area (Å²) < 4.78 is 0.797. The fourth-order valence-electron chi connectivity index (χ4n) is 5.09. The Labute approximate surface area is 189 Å². The van der Waals surface area contributed by atoms with E-state index in [-0.39, 0.29) is 12.0 Å². The second-order valence-electron chi connectivity index (χ2n) is 8.67. The molecule has 7 nitrogen and oxygen atoms in total. The van der Waals surface area contributed by atoms with Crippen LogP contribution in [-0.4, -0.2) is 50.0 Å². The zero-order chi connectivity index (χ0) is 21.7. The van der Waals surface area contributed by atoms with Gasteiger partial charge >= 0.3 is 0 Å². The Balaban J connectivity index is 1.30. The number of hydrogen-bond acceptors (Lipinski definition) is 7. The number of halogens is 1. The number of aromatic nitrogens is 3. The lowest BCUT2D eigenvalue weighted by Gasteiger charge is -2.28. The van der Waals surface area contributed by atoms with Gasteiger partial charge in [-0.05, 0) is 72.2 Å². The van der Waals surface area contributed by atoms with Crippen molar-refractivity contribution >= 4 is 38.5 Å². The molecule has 8 heteroatoms. The van der Waals surface area contributed by atoms with Crippen LogP contribution in [-0.2, 0) is 12.8 Å². The highest BCUT2D eigenvalue weighted by atomic mass is 79.9. The number of rotatable bonds is 4. The number of anilines is 2. The summed E-state index contributed by atoms with van der Waals surface area (Å²) in [5.41, 5.74) is 10.1. The smallest absolute Gasteiger partial charge is 0.138 e. The van der Waals surface area contributed by atoms with E-state index >= 15 is 0 Å². The molecule has 2 aliphatic rings.